The highest BCUT2D eigenvalue weighted by atomic mass is 35.5. The highest BCUT2D eigenvalue weighted by molar-refractivity contribution is 6.37. The van der Waals surface area contributed by atoms with Crippen LogP contribution >= 0.6 is 23.2 Å². The molecule has 156 valence electrons. The van der Waals surface area contributed by atoms with Gasteiger partial charge in [-0.05, 0) is 24.0 Å². The van der Waals surface area contributed by atoms with Crippen LogP contribution in [-0.2, 0) is 11.3 Å². The molecule has 0 bridgehead atoms. The van der Waals surface area contributed by atoms with Gasteiger partial charge < -0.3 is 14.6 Å². The summed E-state index contributed by atoms with van der Waals surface area (Å²) in [6, 6.07) is 18.1. The summed E-state index contributed by atoms with van der Waals surface area (Å²) in [5.74, 6) is 0.444. The van der Waals surface area contributed by atoms with Gasteiger partial charge in [0.2, 0.25) is 0 Å². The van der Waals surface area contributed by atoms with E-state index >= 15 is 0 Å². The third-order valence-electron chi connectivity index (χ3n) is 5.24. The minimum atomic E-state index is -0.404. The van der Waals surface area contributed by atoms with E-state index in [1.165, 1.54) is 0 Å². The van der Waals surface area contributed by atoms with Crippen molar-refractivity contribution in [1.82, 2.24) is 9.88 Å². The molecule has 0 saturated heterocycles. The van der Waals surface area contributed by atoms with Crippen molar-refractivity contribution in [2.75, 3.05) is 7.05 Å². The van der Waals surface area contributed by atoms with Crippen molar-refractivity contribution in [1.29, 1.82) is 0 Å². The standard InChI is InChI=1S/C24H25Cl2N3O/c1-15(2)13-19-22(25)28-21(20-17-11-7-8-12-18(17)27-23(20)26)24(29(19)3)30-14-16-9-5-4-6-10-16/h4-12,15,24,27H,13-14H2,1-3H3. The second kappa shape index (κ2) is 8.84. The van der Waals surface area contributed by atoms with E-state index in [0.717, 1.165) is 34.1 Å². The molecule has 1 atom stereocenters. The van der Waals surface area contributed by atoms with Crippen molar-refractivity contribution < 1.29 is 4.74 Å². The van der Waals surface area contributed by atoms with Crippen LogP contribution in [-0.4, -0.2) is 28.9 Å². The zero-order valence-electron chi connectivity index (χ0n) is 17.3. The van der Waals surface area contributed by atoms with Crippen LogP contribution in [0.4, 0.5) is 0 Å². The molecule has 0 spiro atoms. The number of hydrogen-bond acceptors (Lipinski definition) is 3. The lowest BCUT2D eigenvalue weighted by Gasteiger charge is -2.36. The molecule has 6 heteroatoms. The Morgan fingerprint density at radius 1 is 1.07 bits per heavy atom. The van der Waals surface area contributed by atoms with Crippen LogP contribution in [0.3, 0.4) is 0 Å². The summed E-state index contributed by atoms with van der Waals surface area (Å²) < 4.78 is 6.41. The largest absolute Gasteiger partial charge is 0.348 e. The number of ether oxygens (including phenoxy) is 1. The third-order valence-corrected chi connectivity index (χ3v) is 5.82. The average Bonchev–Trinajstić information content (AvgIpc) is 3.06. The molecule has 2 heterocycles. The number of aromatic nitrogens is 1. The Kier molecular flexibility index (Phi) is 6.19. The first-order valence-electron chi connectivity index (χ1n) is 10.1. The molecule has 3 aromatic rings. The third kappa shape index (κ3) is 4.13. The first-order chi connectivity index (χ1) is 14.5. The molecule has 30 heavy (non-hydrogen) atoms. The monoisotopic (exact) mass is 441 g/mol. The fourth-order valence-corrected chi connectivity index (χ4v) is 4.39. The van der Waals surface area contributed by atoms with E-state index in [1.54, 1.807) is 0 Å². The Hall–Kier alpha value is -2.27. The van der Waals surface area contributed by atoms with Gasteiger partial charge >= 0.3 is 0 Å². The molecule has 2 aromatic carbocycles. The van der Waals surface area contributed by atoms with Crippen molar-refractivity contribution in [2.45, 2.75) is 33.1 Å². The fourth-order valence-electron chi connectivity index (χ4n) is 3.79. The maximum atomic E-state index is 6.66. The van der Waals surface area contributed by atoms with Crippen molar-refractivity contribution in [3.8, 4) is 0 Å². The lowest BCUT2D eigenvalue weighted by atomic mass is 10.0. The molecule has 0 fully saturated rings. The topological polar surface area (TPSA) is 40.6 Å². The first kappa shape index (κ1) is 21.0. The molecule has 0 aliphatic carbocycles. The molecule has 1 unspecified atom stereocenters. The summed E-state index contributed by atoms with van der Waals surface area (Å²) in [6.07, 6.45) is 0.414. The molecule has 0 radical (unpaired) electrons. The van der Waals surface area contributed by atoms with Gasteiger partial charge in [0.1, 0.15) is 16.0 Å². The zero-order valence-corrected chi connectivity index (χ0v) is 18.8. The summed E-state index contributed by atoms with van der Waals surface area (Å²) in [6.45, 7) is 4.79. The Balaban J connectivity index is 1.78. The van der Waals surface area contributed by atoms with Crippen LogP contribution in [0.15, 0.2) is 70.4 Å². The maximum absolute atomic E-state index is 6.66. The number of rotatable bonds is 6. The number of nitrogens with one attached hydrogen (secondary N) is 1. The smallest absolute Gasteiger partial charge is 0.174 e. The van der Waals surface area contributed by atoms with Gasteiger partial charge in [0.05, 0.1) is 12.3 Å². The minimum absolute atomic E-state index is 0.404. The van der Waals surface area contributed by atoms with Gasteiger partial charge in [-0.25, -0.2) is 4.99 Å². The van der Waals surface area contributed by atoms with Gasteiger partial charge in [-0.1, -0.05) is 85.6 Å². The minimum Gasteiger partial charge on any atom is -0.348 e. The van der Waals surface area contributed by atoms with E-state index < -0.39 is 6.23 Å². The first-order valence-corrected chi connectivity index (χ1v) is 10.8. The van der Waals surface area contributed by atoms with Crippen molar-refractivity contribution in [3.05, 3.63) is 81.7 Å². The van der Waals surface area contributed by atoms with Crippen molar-refractivity contribution in [3.63, 3.8) is 0 Å². The summed E-state index contributed by atoms with van der Waals surface area (Å²) in [4.78, 5) is 10.1. The molecule has 1 aliphatic heterocycles. The van der Waals surface area contributed by atoms with Gasteiger partial charge in [-0.15, -0.1) is 0 Å². The van der Waals surface area contributed by atoms with Crippen LogP contribution in [0.5, 0.6) is 0 Å². The predicted octanol–water partition coefficient (Wildman–Crippen LogP) is 6.55. The van der Waals surface area contributed by atoms with Crippen molar-refractivity contribution >= 4 is 39.8 Å². The number of likely N-dealkylation sites (N-methyl/N-ethyl adjacent to an activating group) is 1. The van der Waals surface area contributed by atoms with Gasteiger partial charge in [-0.2, -0.15) is 0 Å². The van der Waals surface area contributed by atoms with Gasteiger partial charge in [0, 0.05) is 23.5 Å². The van der Waals surface area contributed by atoms with Gasteiger partial charge in [0.25, 0.3) is 0 Å². The lowest BCUT2D eigenvalue weighted by Crippen LogP contribution is -2.43. The van der Waals surface area contributed by atoms with E-state index in [0.29, 0.717) is 28.5 Å². The Morgan fingerprint density at radius 2 is 1.77 bits per heavy atom. The highest BCUT2D eigenvalue weighted by Gasteiger charge is 2.33. The van der Waals surface area contributed by atoms with E-state index in [2.05, 4.69) is 35.9 Å². The van der Waals surface area contributed by atoms with Gasteiger partial charge in [0.15, 0.2) is 6.23 Å². The van der Waals surface area contributed by atoms with Crippen LogP contribution < -0.4 is 0 Å². The number of aromatic amines is 1. The summed E-state index contributed by atoms with van der Waals surface area (Å²) >= 11 is 13.3. The number of allylic oxidation sites excluding steroid dienone is 1. The molecule has 4 nitrogen and oxygen atoms in total. The number of hydrogen-bond donors (Lipinski definition) is 1. The Bertz CT molecular complexity index is 1100. The molecular weight excluding hydrogens is 417 g/mol. The lowest BCUT2D eigenvalue weighted by molar-refractivity contribution is 0.000501. The van der Waals surface area contributed by atoms with Crippen molar-refractivity contribution in [2.24, 2.45) is 10.9 Å². The molecule has 4 rings (SSSR count). The predicted molar refractivity (Wildman–Crippen MR) is 125 cm³/mol. The number of aliphatic imine (C=N–C) groups is 1. The molecule has 1 N–H and O–H groups in total. The molecular formula is C24H25Cl2N3O. The molecule has 1 aliphatic rings. The highest BCUT2D eigenvalue weighted by Crippen LogP contribution is 2.35. The van der Waals surface area contributed by atoms with Crippen LogP contribution in [0.1, 0.15) is 31.4 Å². The Labute approximate surface area is 187 Å². The summed E-state index contributed by atoms with van der Waals surface area (Å²) in [7, 11) is 2.01. The molecule has 0 amide bonds. The zero-order chi connectivity index (χ0) is 21.3. The van der Waals surface area contributed by atoms with E-state index in [9.17, 15) is 0 Å². The SMILES string of the molecule is CC(C)CC1=C(Cl)N=C(c2c(Cl)[nH]c3ccccc23)C(OCc2ccccc2)N1C. The molecule has 1 aromatic heterocycles. The van der Waals surface area contributed by atoms with Crippen LogP contribution in [0.2, 0.25) is 5.15 Å². The quantitative estimate of drug-likeness (QED) is 0.440. The van der Waals surface area contributed by atoms with E-state index in [-0.39, 0.29) is 0 Å². The Morgan fingerprint density at radius 3 is 2.50 bits per heavy atom. The van der Waals surface area contributed by atoms with E-state index in [4.69, 9.17) is 32.9 Å². The molecule has 0 saturated carbocycles. The number of fused-ring (bicyclic) bond motifs is 1. The van der Waals surface area contributed by atoms with Crippen LogP contribution in [0, 0.1) is 5.92 Å². The van der Waals surface area contributed by atoms with Crippen LogP contribution in [0.25, 0.3) is 10.9 Å². The normalized spacial score (nSPS) is 17.2. The number of para-hydroxylation sites is 1. The number of H-pyrrole nitrogens is 1. The average molecular weight is 442 g/mol. The maximum Gasteiger partial charge on any atom is 0.174 e. The second-order valence-corrected chi connectivity index (χ2v) is 8.69. The van der Waals surface area contributed by atoms with Gasteiger partial charge in [-0.3, -0.25) is 0 Å². The number of halogens is 2. The fraction of sp³-hybridized carbons (Fsp3) is 0.292. The summed E-state index contributed by atoms with van der Waals surface area (Å²) in [5.41, 5.74) is 4.58. The number of nitrogens with zero attached hydrogens (tertiary/aromatic N) is 2. The second-order valence-electron chi connectivity index (χ2n) is 7.95. The summed E-state index contributed by atoms with van der Waals surface area (Å²) in [5, 5.41) is 2.02. The van der Waals surface area contributed by atoms with E-state index in [1.807, 2.05) is 49.5 Å². The number of benzene rings is 2.